The Bertz CT molecular complexity index is 649. The second-order valence-corrected chi connectivity index (χ2v) is 10.0. The Morgan fingerprint density at radius 3 is 2.42 bits per heavy atom. The summed E-state index contributed by atoms with van der Waals surface area (Å²) in [5.74, 6) is 0.880. The van der Waals surface area contributed by atoms with Crippen LogP contribution in [0.15, 0.2) is 42.0 Å². The van der Waals surface area contributed by atoms with Crippen molar-refractivity contribution in [1.82, 2.24) is 0 Å². The van der Waals surface area contributed by atoms with Crippen LogP contribution in [0.3, 0.4) is 0 Å². The fourth-order valence-electron chi connectivity index (χ4n) is 3.89. The van der Waals surface area contributed by atoms with Gasteiger partial charge in [-0.25, -0.2) is 0 Å². The van der Waals surface area contributed by atoms with Crippen LogP contribution in [0, 0.1) is 11.3 Å². The molecular formula is C26H40. The summed E-state index contributed by atoms with van der Waals surface area (Å²) in [5.41, 5.74) is 6.43. The number of benzene rings is 1. The Morgan fingerprint density at radius 2 is 1.81 bits per heavy atom. The molecule has 144 valence electrons. The number of hydrogen-bond acceptors (Lipinski definition) is 0. The highest BCUT2D eigenvalue weighted by Crippen LogP contribution is 2.43. The van der Waals surface area contributed by atoms with Crippen molar-refractivity contribution in [3.05, 3.63) is 53.1 Å². The van der Waals surface area contributed by atoms with E-state index < -0.39 is 0 Å². The van der Waals surface area contributed by atoms with Gasteiger partial charge in [-0.1, -0.05) is 110 Å². The molecule has 0 bridgehead atoms. The van der Waals surface area contributed by atoms with E-state index in [-0.39, 0.29) is 10.8 Å². The lowest BCUT2D eigenvalue weighted by atomic mass is 9.72. The molecule has 0 amide bonds. The van der Waals surface area contributed by atoms with Gasteiger partial charge in [-0.3, -0.25) is 0 Å². The van der Waals surface area contributed by atoms with Gasteiger partial charge in [-0.2, -0.15) is 0 Å². The van der Waals surface area contributed by atoms with Crippen molar-refractivity contribution >= 4 is 5.57 Å². The monoisotopic (exact) mass is 352 g/mol. The molecular weight excluding hydrogens is 312 g/mol. The van der Waals surface area contributed by atoms with E-state index in [9.17, 15) is 0 Å². The van der Waals surface area contributed by atoms with Crippen molar-refractivity contribution < 1.29 is 0 Å². The molecule has 1 aromatic carbocycles. The van der Waals surface area contributed by atoms with Gasteiger partial charge in [0.05, 0.1) is 0 Å². The Morgan fingerprint density at radius 1 is 1.08 bits per heavy atom. The normalized spacial score (nSPS) is 18.3. The lowest BCUT2D eigenvalue weighted by Crippen LogP contribution is -2.18. The van der Waals surface area contributed by atoms with E-state index in [1.54, 1.807) is 5.57 Å². The van der Waals surface area contributed by atoms with E-state index in [1.165, 1.54) is 48.8 Å². The maximum Gasteiger partial charge on any atom is -0.0101 e. The summed E-state index contributed by atoms with van der Waals surface area (Å²) in [7, 11) is 0. The van der Waals surface area contributed by atoms with Gasteiger partial charge >= 0.3 is 0 Å². The third-order valence-electron chi connectivity index (χ3n) is 6.18. The molecule has 0 fully saturated rings. The van der Waals surface area contributed by atoms with Crippen LogP contribution in [0.4, 0.5) is 0 Å². The van der Waals surface area contributed by atoms with E-state index in [0.29, 0.717) is 0 Å². The van der Waals surface area contributed by atoms with Crippen LogP contribution in [-0.2, 0) is 5.41 Å². The zero-order valence-corrected chi connectivity index (χ0v) is 18.3. The minimum absolute atomic E-state index is 0.206. The van der Waals surface area contributed by atoms with Gasteiger partial charge in [0, 0.05) is 0 Å². The van der Waals surface area contributed by atoms with Crippen molar-refractivity contribution in [1.29, 1.82) is 0 Å². The Labute approximate surface area is 162 Å². The van der Waals surface area contributed by atoms with Gasteiger partial charge in [-0.15, -0.1) is 0 Å². The minimum atomic E-state index is 0.206. The molecule has 0 aliphatic heterocycles. The Kier molecular flexibility index (Phi) is 6.94. The lowest BCUT2D eigenvalue weighted by Gasteiger charge is -2.33. The largest absolute Gasteiger partial charge is 0.0651 e. The van der Waals surface area contributed by atoms with E-state index in [2.05, 4.69) is 84.9 Å². The molecule has 0 saturated heterocycles. The second-order valence-electron chi connectivity index (χ2n) is 10.0. The van der Waals surface area contributed by atoms with Crippen LogP contribution in [0.25, 0.3) is 5.57 Å². The van der Waals surface area contributed by atoms with Crippen molar-refractivity contribution in [3.63, 3.8) is 0 Å². The molecule has 1 aliphatic carbocycles. The predicted octanol–water partition coefficient (Wildman–Crippen LogP) is 8.33. The zero-order valence-electron chi connectivity index (χ0n) is 18.3. The van der Waals surface area contributed by atoms with Crippen LogP contribution in [0.2, 0.25) is 0 Å². The quantitative estimate of drug-likeness (QED) is 0.433. The molecule has 0 spiro atoms. The molecule has 0 nitrogen and oxygen atoms in total. The fraction of sp³-hybridized carbons (Fsp3) is 0.615. The van der Waals surface area contributed by atoms with Gasteiger partial charge in [0.25, 0.3) is 0 Å². The van der Waals surface area contributed by atoms with Crippen LogP contribution in [0.1, 0.15) is 98.1 Å². The smallest absolute Gasteiger partial charge is 0.0101 e. The first-order valence-corrected chi connectivity index (χ1v) is 10.6. The van der Waals surface area contributed by atoms with Gasteiger partial charge < -0.3 is 0 Å². The molecule has 1 atom stereocenters. The molecule has 2 rings (SSSR count). The third kappa shape index (κ3) is 5.60. The number of rotatable bonds is 7. The third-order valence-corrected chi connectivity index (χ3v) is 6.18. The van der Waals surface area contributed by atoms with Gasteiger partial charge in [0.1, 0.15) is 0 Å². The van der Waals surface area contributed by atoms with Crippen molar-refractivity contribution in [2.45, 2.75) is 92.4 Å². The van der Waals surface area contributed by atoms with E-state index in [4.69, 9.17) is 0 Å². The molecule has 0 heterocycles. The average molecular weight is 353 g/mol. The first-order valence-electron chi connectivity index (χ1n) is 10.6. The summed E-state index contributed by atoms with van der Waals surface area (Å²) in [5, 5.41) is 0. The van der Waals surface area contributed by atoms with Crippen LogP contribution < -0.4 is 0 Å². The standard InChI is InChI=1S/C26H40/c1-8-20(2)12-9-10-14-23-17-16-22(19-26(23,6)7)21-13-11-15-24(18-21)25(3,4)5/h11,13,15-18,20H,8-10,12,14,19H2,1-7H3. The molecule has 0 aromatic heterocycles. The highest BCUT2D eigenvalue weighted by molar-refractivity contribution is 5.70. The maximum absolute atomic E-state index is 2.42. The van der Waals surface area contributed by atoms with Crippen molar-refractivity contribution in [3.8, 4) is 0 Å². The van der Waals surface area contributed by atoms with E-state index >= 15 is 0 Å². The second kappa shape index (κ2) is 8.59. The first-order chi connectivity index (χ1) is 12.1. The Balaban J connectivity index is 2.09. The summed E-state index contributed by atoms with van der Waals surface area (Å²) in [4.78, 5) is 0. The summed E-state index contributed by atoms with van der Waals surface area (Å²) in [6.45, 7) is 16.4. The zero-order chi connectivity index (χ0) is 19.4. The number of allylic oxidation sites excluding steroid dienone is 4. The van der Waals surface area contributed by atoms with Crippen LogP contribution in [-0.4, -0.2) is 0 Å². The van der Waals surface area contributed by atoms with Gasteiger partial charge in [0.15, 0.2) is 0 Å². The van der Waals surface area contributed by atoms with Crippen molar-refractivity contribution in [2.24, 2.45) is 11.3 Å². The molecule has 0 heteroatoms. The fourth-order valence-corrected chi connectivity index (χ4v) is 3.89. The Hall–Kier alpha value is -1.30. The van der Waals surface area contributed by atoms with Gasteiger partial charge in [-0.05, 0) is 52.7 Å². The van der Waals surface area contributed by atoms with E-state index in [1.807, 2.05) is 0 Å². The predicted molar refractivity (Wildman–Crippen MR) is 118 cm³/mol. The number of hydrogen-bond donors (Lipinski definition) is 0. The van der Waals surface area contributed by atoms with Crippen LogP contribution >= 0.6 is 0 Å². The summed E-state index contributed by atoms with van der Waals surface area (Å²) in [6, 6.07) is 9.16. The SMILES string of the molecule is CCC(C)CCCCC1=CC=C(c2cccc(C(C)(C)C)c2)CC1(C)C. The first kappa shape index (κ1) is 21.0. The van der Waals surface area contributed by atoms with Gasteiger partial charge in [0.2, 0.25) is 0 Å². The minimum Gasteiger partial charge on any atom is -0.0651 e. The molecule has 0 radical (unpaired) electrons. The van der Waals surface area contributed by atoms with Crippen molar-refractivity contribution in [2.75, 3.05) is 0 Å². The maximum atomic E-state index is 2.42. The lowest BCUT2D eigenvalue weighted by molar-refractivity contribution is 0.422. The highest BCUT2D eigenvalue weighted by atomic mass is 14.3. The van der Waals surface area contributed by atoms with Crippen LogP contribution in [0.5, 0.6) is 0 Å². The highest BCUT2D eigenvalue weighted by Gasteiger charge is 2.27. The van der Waals surface area contributed by atoms with E-state index in [0.717, 1.165) is 12.3 Å². The summed E-state index contributed by atoms with van der Waals surface area (Å²) >= 11 is 0. The topological polar surface area (TPSA) is 0 Å². The molecule has 0 N–H and O–H groups in total. The molecule has 1 aliphatic rings. The molecule has 1 unspecified atom stereocenters. The summed E-state index contributed by atoms with van der Waals surface area (Å²) in [6.07, 6.45) is 12.6. The average Bonchev–Trinajstić information content (AvgIpc) is 2.58. The molecule has 1 aromatic rings. The molecule has 0 saturated carbocycles. The molecule has 26 heavy (non-hydrogen) atoms. The summed E-state index contributed by atoms with van der Waals surface area (Å²) < 4.78 is 0. The number of unbranched alkanes of at least 4 members (excludes halogenated alkanes) is 1.